The lowest BCUT2D eigenvalue weighted by Crippen LogP contribution is -2.39. The van der Waals surface area contributed by atoms with Gasteiger partial charge in [-0.1, -0.05) is 24.3 Å². The SMILES string of the molecule is CCOC(=O)C(C)(C)Oc1ccc(/C=C2/Oc3ccccc3C2=O)cc1. The van der Waals surface area contributed by atoms with Crippen LogP contribution in [-0.2, 0) is 9.53 Å². The normalized spacial score (nSPS) is 14.7. The maximum atomic E-state index is 12.3. The molecule has 0 amide bonds. The van der Waals surface area contributed by atoms with Gasteiger partial charge in [0.25, 0.3) is 0 Å². The summed E-state index contributed by atoms with van der Waals surface area (Å²) < 4.78 is 16.3. The van der Waals surface area contributed by atoms with Gasteiger partial charge in [-0.25, -0.2) is 4.79 Å². The molecule has 0 radical (unpaired) electrons. The molecule has 1 aliphatic rings. The van der Waals surface area contributed by atoms with Crippen LogP contribution in [0.5, 0.6) is 11.5 Å². The molecular weight excluding hydrogens is 332 g/mol. The fourth-order valence-electron chi connectivity index (χ4n) is 2.56. The fraction of sp³-hybridized carbons (Fsp3) is 0.238. The van der Waals surface area contributed by atoms with Crippen molar-refractivity contribution in [3.8, 4) is 11.5 Å². The summed E-state index contributed by atoms with van der Waals surface area (Å²) in [4.78, 5) is 24.2. The fourth-order valence-corrected chi connectivity index (χ4v) is 2.56. The first-order valence-electron chi connectivity index (χ1n) is 8.40. The molecule has 5 nitrogen and oxygen atoms in total. The van der Waals surface area contributed by atoms with Crippen LogP contribution in [-0.4, -0.2) is 24.0 Å². The van der Waals surface area contributed by atoms with Crippen LogP contribution >= 0.6 is 0 Å². The Kier molecular flexibility index (Phi) is 4.80. The third-order valence-electron chi connectivity index (χ3n) is 3.89. The lowest BCUT2D eigenvalue weighted by Gasteiger charge is -2.24. The van der Waals surface area contributed by atoms with Gasteiger partial charge >= 0.3 is 5.97 Å². The first-order chi connectivity index (χ1) is 12.4. The van der Waals surface area contributed by atoms with Crippen molar-refractivity contribution in [1.82, 2.24) is 0 Å². The molecule has 2 aromatic carbocycles. The maximum Gasteiger partial charge on any atom is 0.349 e. The lowest BCUT2D eigenvalue weighted by atomic mass is 10.1. The summed E-state index contributed by atoms with van der Waals surface area (Å²) in [6.45, 7) is 5.36. The second-order valence-electron chi connectivity index (χ2n) is 6.34. The Morgan fingerprint density at radius 3 is 2.46 bits per heavy atom. The van der Waals surface area contributed by atoms with Crippen molar-refractivity contribution in [2.24, 2.45) is 0 Å². The Labute approximate surface area is 152 Å². The van der Waals surface area contributed by atoms with Crippen molar-refractivity contribution in [3.63, 3.8) is 0 Å². The highest BCUT2D eigenvalue weighted by atomic mass is 16.6. The largest absolute Gasteiger partial charge is 0.476 e. The van der Waals surface area contributed by atoms with E-state index in [0.717, 1.165) is 5.56 Å². The summed E-state index contributed by atoms with van der Waals surface area (Å²) in [7, 11) is 0. The number of fused-ring (bicyclic) bond motifs is 1. The zero-order chi connectivity index (χ0) is 18.7. The van der Waals surface area contributed by atoms with Crippen molar-refractivity contribution in [1.29, 1.82) is 0 Å². The summed E-state index contributed by atoms with van der Waals surface area (Å²) >= 11 is 0. The van der Waals surface area contributed by atoms with Crippen LogP contribution in [0.25, 0.3) is 6.08 Å². The molecule has 0 atom stereocenters. The van der Waals surface area contributed by atoms with E-state index in [1.54, 1.807) is 69.3 Å². The molecule has 0 fully saturated rings. The first-order valence-corrected chi connectivity index (χ1v) is 8.40. The van der Waals surface area contributed by atoms with Crippen molar-refractivity contribution < 1.29 is 23.8 Å². The van der Waals surface area contributed by atoms with Gasteiger partial charge in [-0.2, -0.15) is 0 Å². The lowest BCUT2D eigenvalue weighted by molar-refractivity contribution is -0.158. The Bertz CT molecular complexity index is 862. The molecule has 0 saturated carbocycles. The number of Topliss-reactive ketones (excluding diaryl/α,β-unsaturated/α-hetero) is 1. The van der Waals surface area contributed by atoms with Gasteiger partial charge in [0, 0.05) is 0 Å². The van der Waals surface area contributed by atoms with Gasteiger partial charge in [-0.15, -0.1) is 0 Å². The summed E-state index contributed by atoms with van der Waals surface area (Å²) in [5.74, 6) is 0.831. The topological polar surface area (TPSA) is 61.8 Å². The third-order valence-corrected chi connectivity index (χ3v) is 3.89. The van der Waals surface area contributed by atoms with Crippen LogP contribution in [0.4, 0.5) is 0 Å². The number of ketones is 1. The van der Waals surface area contributed by atoms with Gasteiger partial charge in [0.1, 0.15) is 11.5 Å². The minimum atomic E-state index is -1.08. The van der Waals surface area contributed by atoms with E-state index >= 15 is 0 Å². The molecule has 0 aromatic heterocycles. The number of carbonyl (C=O) groups excluding carboxylic acids is 2. The van der Waals surface area contributed by atoms with Crippen molar-refractivity contribution in [2.45, 2.75) is 26.4 Å². The summed E-state index contributed by atoms with van der Waals surface area (Å²) in [5, 5.41) is 0. The molecule has 134 valence electrons. The summed E-state index contributed by atoms with van der Waals surface area (Å²) in [6.07, 6.45) is 1.68. The molecule has 5 heteroatoms. The van der Waals surface area contributed by atoms with E-state index in [1.165, 1.54) is 0 Å². The van der Waals surface area contributed by atoms with E-state index in [9.17, 15) is 9.59 Å². The molecule has 0 unspecified atom stereocenters. The first kappa shape index (κ1) is 17.7. The van der Waals surface area contributed by atoms with Gasteiger partial charge in [0.15, 0.2) is 11.4 Å². The highest BCUT2D eigenvalue weighted by molar-refractivity contribution is 6.14. The molecule has 1 heterocycles. The maximum absolute atomic E-state index is 12.3. The average Bonchev–Trinajstić information content (AvgIpc) is 2.93. The van der Waals surface area contributed by atoms with Gasteiger partial charge in [0.2, 0.25) is 5.78 Å². The molecule has 3 rings (SSSR count). The van der Waals surface area contributed by atoms with Gasteiger partial charge in [-0.05, 0) is 56.7 Å². The highest BCUT2D eigenvalue weighted by Crippen LogP contribution is 2.31. The zero-order valence-electron chi connectivity index (χ0n) is 14.9. The van der Waals surface area contributed by atoms with E-state index in [-0.39, 0.29) is 11.5 Å². The number of rotatable bonds is 5. The second-order valence-corrected chi connectivity index (χ2v) is 6.34. The van der Waals surface area contributed by atoms with Gasteiger partial charge < -0.3 is 14.2 Å². The molecule has 1 aliphatic heterocycles. The van der Waals surface area contributed by atoms with E-state index in [1.807, 2.05) is 6.07 Å². The Morgan fingerprint density at radius 2 is 1.81 bits per heavy atom. The van der Waals surface area contributed by atoms with E-state index in [2.05, 4.69) is 0 Å². The standard InChI is InChI=1S/C21H20O5/c1-4-24-20(23)21(2,3)26-15-11-9-14(10-12-15)13-18-19(22)16-7-5-6-8-17(16)25-18/h5-13H,4H2,1-3H3/b18-13+. The van der Waals surface area contributed by atoms with Crippen molar-refractivity contribution >= 4 is 17.8 Å². The molecule has 2 aromatic rings. The monoisotopic (exact) mass is 352 g/mol. The van der Waals surface area contributed by atoms with Crippen LogP contribution in [0.1, 0.15) is 36.7 Å². The molecule has 26 heavy (non-hydrogen) atoms. The van der Waals surface area contributed by atoms with Crippen LogP contribution in [0.2, 0.25) is 0 Å². The summed E-state index contributed by atoms with van der Waals surface area (Å²) in [5.41, 5.74) is 0.277. The minimum absolute atomic E-state index is 0.135. The van der Waals surface area contributed by atoms with Gasteiger partial charge in [-0.3, -0.25) is 4.79 Å². The Balaban J connectivity index is 1.73. The Morgan fingerprint density at radius 1 is 1.12 bits per heavy atom. The van der Waals surface area contributed by atoms with Crippen LogP contribution in [0.15, 0.2) is 54.3 Å². The number of hydrogen-bond acceptors (Lipinski definition) is 5. The van der Waals surface area contributed by atoms with Crippen LogP contribution in [0, 0.1) is 0 Å². The van der Waals surface area contributed by atoms with Gasteiger partial charge in [0.05, 0.1) is 12.2 Å². The number of allylic oxidation sites excluding steroid dienone is 1. The predicted molar refractivity (Wildman–Crippen MR) is 97.2 cm³/mol. The smallest absolute Gasteiger partial charge is 0.349 e. The number of ether oxygens (including phenoxy) is 3. The molecular formula is C21H20O5. The molecule has 0 aliphatic carbocycles. The minimum Gasteiger partial charge on any atom is -0.476 e. The number of hydrogen-bond donors (Lipinski definition) is 0. The molecule has 0 saturated heterocycles. The molecule has 0 bridgehead atoms. The van der Waals surface area contributed by atoms with Crippen LogP contribution in [0.3, 0.4) is 0 Å². The highest BCUT2D eigenvalue weighted by Gasteiger charge is 2.31. The molecule has 0 N–H and O–H groups in total. The summed E-state index contributed by atoms with van der Waals surface area (Å²) in [6, 6.07) is 14.2. The predicted octanol–water partition coefficient (Wildman–Crippen LogP) is 4.02. The average molecular weight is 352 g/mol. The van der Waals surface area contributed by atoms with E-state index in [4.69, 9.17) is 14.2 Å². The number of benzene rings is 2. The number of para-hydroxylation sites is 1. The van der Waals surface area contributed by atoms with Crippen molar-refractivity contribution in [3.05, 3.63) is 65.4 Å². The quantitative estimate of drug-likeness (QED) is 0.601. The number of esters is 1. The van der Waals surface area contributed by atoms with E-state index < -0.39 is 11.6 Å². The second kappa shape index (κ2) is 7.04. The third kappa shape index (κ3) is 3.61. The van der Waals surface area contributed by atoms with E-state index in [0.29, 0.717) is 23.7 Å². The molecule has 0 spiro atoms. The Hall–Kier alpha value is -3.08. The van der Waals surface area contributed by atoms with Crippen LogP contribution < -0.4 is 9.47 Å². The van der Waals surface area contributed by atoms with Crippen molar-refractivity contribution in [2.75, 3.05) is 6.61 Å². The zero-order valence-corrected chi connectivity index (χ0v) is 14.9. The number of carbonyl (C=O) groups is 2.